The predicted molar refractivity (Wildman–Crippen MR) is 50.7 cm³/mol. The molecule has 0 atom stereocenters. The lowest BCUT2D eigenvalue weighted by Gasteiger charge is -2.07. The molecular weight excluding hydrogens is 150 g/mol. The Kier molecular flexibility index (Phi) is 2.36. The van der Waals surface area contributed by atoms with Crippen molar-refractivity contribution in [2.75, 3.05) is 0 Å². The van der Waals surface area contributed by atoms with Gasteiger partial charge < -0.3 is 4.98 Å². The van der Waals surface area contributed by atoms with Gasteiger partial charge in [0.15, 0.2) is 0 Å². The molecular formula is C10H15NO. The van der Waals surface area contributed by atoms with E-state index in [-0.39, 0.29) is 5.56 Å². The highest BCUT2D eigenvalue weighted by molar-refractivity contribution is 5.33. The van der Waals surface area contributed by atoms with Crippen LogP contribution in [0.15, 0.2) is 4.79 Å². The first kappa shape index (κ1) is 9.04. The molecule has 12 heavy (non-hydrogen) atoms. The highest BCUT2D eigenvalue weighted by Crippen LogP contribution is 2.11. The third-order valence-corrected chi connectivity index (χ3v) is 2.51. The molecule has 0 spiro atoms. The standard InChI is InChI=1S/C10H15NO/c1-5-9-7(3)6(2)8(4)11-10(9)12/h5H2,1-4H3,(H,11,12). The first-order valence-electron chi connectivity index (χ1n) is 4.26. The van der Waals surface area contributed by atoms with Gasteiger partial charge in [-0.1, -0.05) is 6.92 Å². The van der Waals surface area contributed by atoms with Gasteiger partial charge in [0.1, 0.15) is 0 Å². The quantitative estimate of drug-likeness (QED) is 0.677. The summed E-state index contributed by atoms with van der Waals surface area (Å²) in [5.41, 5.74) is 4.30. The molecule has 0 fully saturated rings. The van der Waals surface area contributed by atoms with Crippen LogP contribution in [0, 0.1) is 20.8 Å². The van der Waals surface area contributed by atoms with Gasteiger partial charge in [-0.15, -0.1) is 0 Å². The molecule has 1 aromatic rings. The first-order valence-corrected chi connectivity index (χ1v) is 4.26. The van der Waals surface area contributed by atoms with Crippen molar-refractivity contribution in [3.05, 3.63) is 32.7 Å². The van der Waals surface area contributed by atoms with Crippen LogP contribution in [0.4, 0.5) is 0 Å². The Bertz CT molecular complexity index is 350. The minimum absolute atomic E-state index is 0.0677. The predicted octanol–water partition coefficient (Wildman–Crippen LogP) is 1.86. The minimum atomic E-state index is 0.0677. The molecule has 0 aliphatic heterocycles. The third-order valence-electron chi connectivity index (χ3n) is 2.51. The molecule has 66 valence electrons. The molecule has 2 heteroatoms. The number of aromatic nitrogens is 1. The summed E-state index contributed by atoms with van der Waals surface area (Å²) in [6, 6.07) is 0. The summed E-state index contributed by atoms with van der Waals surface area (Å²) in [6.45, 7) is 7.99. The Balaban J connectivity index is 3.52. The van der Waals surface area contributed by atoms with Gasteiger partial charge in [-0.25, -0.2) is 0 Å². The van der Waals surface area contributed by atoms with E-state index in [1.165, 1.54) is 5.56 Å². The Morgan fingerprint density at radius 1 is 1.17 bits per heavy atom. The SMILES string of the molecule is CCc1c(C)c(C)c(C)[nH]c1=O. The molecule has 1 heterocycles. The van der Waals surface area contributed by atoms with Crippen molar-refractivity contribution in [2.24, 2.45) is 0 Å². The summed E-state index contributed by atoms with van der Waals surface area (Å²) in [5.74, 6) is 0. The Labute approximate surface area is 72.6 Å². The van der Waals surface area contributed by atoms with Gasteiger partial charge in [0.2, 0.25) is 0 Å². The molecule has 1 aromatic heterocycles. The molecule has 0 aromatic carbocycles. The summed E-state index contributed by atoms with van der Waals surface area (Å²) in [5, 5.41) is 0. The second-order valence-electron chi connectivity index (χ2n) is 3.16. The zero-order chi connectivity index (χ0) is 9.30. The van der Waals surface area contributed by atoms with Crippen LogP contribution in [0.5, 0.6) is 0 Å². The van der Waals surface area contributed by atoms with Crippen LogP contribution in [0.1, 0.15) is 29.3 Å². The fraction of sp³-hybridized carbons (Fsp3) is 0.500. The lowest BCUT2D eigenvalue weighted by atomic mass is 10.0. The van der Waals surface area contributed by atoms with E-state index in [1.807, 2.05) is 27.7 Å². The molecule has 0 bridgehead atoms. The number of nitrogens with one attached hydrogen (secondary N) is 1. The summed E-state index contributed by atoms with van der Waals surface area (Å²) in [6.07, 6.45) is 0.808. The molecule has 0 aliphatic carbocycles. The van der Waals surface area contributed by atoms with E-state index >= 15 is 0 Å². The van der Waals surface area contributed by atoms with Crippen LogP contribution >= 0.6 is 0 Å². The van der Waals surface area contributed by atoms with E-state index in [9.17, 15) is 4.79 Å². The number of H-pyrrole nitrogens is 1. The van der Waals surface area contributed by atoms with Gasteiger partial charge >= 0.3 is 0 Å². The van der Waals surface area contributed by atoms with Crippen LogP contribution in [0.25, 0.3) is 0 Å². The zero-order valence-corrected chi connectivity index (χ0v) is 8.12. The molecule has 0 saturated heterocycles. The second kappa shape index (κ2) is 3.13. The molecule has 2 nitrogen and oxygen atoms in total. The number of rotatable bonds is 1. The maximum absolute atomic E-state index is 11.4. The van der Waals surface area contributed by atoms with Crippen LogP contribution in [0.3, 0.4) is 0 Å². The van der Waals surface area contributed by atoms with Gasteiger partial charge in [0.05, 0.1) is 0 Å². The maximum atomic E-state index is 11.4. The van der Waals surface area contributed by atoms with Gasteiger partial charge in [0.25, 0.3) is 5.56 Å². The van der Waals surface area contributed by atoms with Crippen molar-refractivity contribution < 1.29 is 0 Å². The average Bonchev–Trinajstić information content (AvgIpc) is 2.01. The van der Waals surface area contributed by atoms with E-state index < -0.39 is 0 Å². The Morgan fingerprint density at radius 2 is 1.75 bits per heavy atom. The highest BCUT2D eigenvalue weighted by atomic mass is 16.1. The third kappa shape index (κ3) is 1.29. The van der Waals surface area contributed by atoms with Crippen molar-refractivity contribution in [3.63, 3.8) is 0 Å². The molecule has 1 N–H and O–H groups in total. The van der Waals surface area contributed by atoms with Crippen molar-refractivity contribution >= 4 is 0 Å². The Morgan fingerprint density at radius 3 is 2.25 bits per heavy atom. The average molecular weight is 165 g/mol. The highest BCUT2D eigenvalue weighted by Gasteiger charge is 2.06. The fourth-order valence-electron chi connectivity index (χ4n) is 1.44. The summed E-state index contributed by atoms with van der Waals surface area (Å²) in [4.78, 5) is 14.2. The number of aromatic amines is 1. The van der Waals surface area contributed by atoms with E-state index in [1.54, 1.807) is 0 Å². The van der Waals surface area contributed by atoms with Crippen LogP contribution in [0.2, 0.25) is 0 Å². The Hall–Kier alpha value is -1.05. The number of hydrogen-bond acceptors (Lipinski definition) is 1. The molecule has 0 unspecified atom stereocenters. The molecule has 1 rings (SSSR count). The maximum Gasteiger partial charge on any atom is 0.251 e. The minimum Gasteiger partial charge on any atom is -0.326 e. The monoisotopic (exact) mass is 165 g/mol. The van der Waals surface area contributed by atoms with Crippen molar-refractivity contribution in [3.8, 4) is 0 Å². The topological polar surface area (TPSA) is 32.9 Å². The molecule has 0 radical (unpaired) electrons. The van der Waals surface area contributed by atoms with Crippen LogP contribution in [-0.2, 0) is 6.42 Å². The second-order valence-corrected chi connectivity index (χ2v) is 3.16. The molecule has 0 saturated carbocycles. The van der Waals surface area contributed by atoms with E-state index in [0.29, 0.717) is 0 Å². The number of hydrogen-bond donors (Lipinski definition) is 1. The summed E-state index contributed by atoms with van der Waals surface area (Å²) in [7, 11) is 0. The van der Waals surface area contributed by atoms with Crippen molar-refractivity contribution in [2.45, 2.75) is 34.1 Å². The van der Waals surface area contributed by atoms with Gasteiger partial charge in [0, 0.05) is 11.3 Å². The smallest absolute Gasteiger partial charge is 0.251 e. The van der Waals surface area contributed by atoms with Gasteiger partial charge in [-0.3, -0.25) is 4.79 Å². The lowest BCUT2D eigenvalue weighted by Crippen LogP contribution is -2.16. The lowest BCUT2D eigenvalue weighted by molar-refractivity contribution is 0.982. The summed E-state index contributed by atoms with van der Waals surface area (Å²) >= 11 is 0. The largest absolute Gasteiger partial charge is 0.326 e. The first-order chi connectivity index (χ1) is 5.57. The molecule has 0 aliphatic rings. The normalized spacial score (nSPS) is 10.3. The van der Waals surface area contributed by atoms with Crippen LogP contribution < -0.4 is 5.56 Å². The van der Waals surface area contributed by atoms with Gasteiger partial charge in [-0.05, 0) is 38.3 Å². The summed E-state index contributed by atoms with van der Waals surface area (Å²) < 4.78 is 0. The van der Waals surface area contributed by atoms with Crippen molar-refractivity contribution in [1.29, 1.82) is 0 Å². The van der Waals surface area contributed by atoms with Crippen LogP contribution in [-0.4, -0.2) is 4.98 Å². The number of aryl methyl sites for hydroxylation is 1. The van der Waals surface area contributed by atoms with E-state index in [0.717, 1.165) is 23.2 Å². The van der Waals surface area contributed by atoms with E-state index in [2.05, 4.69) is 4.98 Å². The molecule has 0 amide bonds. The van der Waals surface area contributed by atoms with Gasteiger partial charge in [-0.2, -0.15) is 0 Å². The van der Waals surface area contributed by atoms with E-state index in [4.69, 9.17) is 0 Å². The van der Waals surface area contributed by atoms with Crippen molar-refractivity contribution in [1.82, 2.24) is 4.98 Å². The number of pyridine rings is 1. The fourth-order valence-corrected chi connectivity index (χ4v) is 1.44. The zero-order valence-electron chi connectivity index (χ0n) is 8.12.